The fourth-order valence-electron chi connectivity index (χ4n) is 3.28. The number of carbonyl (C=O) groups is 1. The van der Waals surface area contributed by atoms with Crippen LogP contribution >= 0.6 is 0 Å². The molecule has 0 aromatic carbocycles. The molecule has 0 aliphatic carbocycles. The third-order valence-electron chi connectivity index (χ3n) is 4.48. The van der Waals surface area contributed by atoms with Crippen LogP contribution in [0.25, 0.3) is 0 Å². The molecule has 0 bridgehead atoms. The normalized spacial score (nSPS) is 22.5. The summed E-state index contributed by atoms with van der Waals surface area (Å²) in [5, 5.41) is 7.23. The second-order valence-electron chi connectivity index (χ2n) is 6.23. The summed E-state index contributed by atoms with van der Waals surface area (Å²) in [6.07, 6.45) is 0.991. The van der Waals surface area contributed by atoms with Crippen LogP contribution in [0, 0.1) is 12.8 Å². The van der Waals surface area contributed by atoms with Crippen molar-refractivity contribution in [2.75, 3.05) is 39.6 Å². The van der Waals surface area contributed by atoms with Gasteiger partial charge in [-0.15, -0.1) is 0 Å². The summed E-state index contributed by atoms with van der Waals surface area (Å²) >= 11 is 0. The summed E-state index contributed by atoms with van der Waals surface area (Å²) in [4.78, 5) is 16.7. The van der Waals surface area contributed by atoms with Gasteiger partial charge in [-0.25, -0.2) is 9.48 Å². The maximum Gasteiger partial charge on any atom is 0.322 e. The van der Waals surface area contributed by atoms with E-state index in [1.807, 2.05) is 18.9 Å². The van der Waals surface area contributed by atoms with Crippen LogP contribution in [0.1, 0.15) is 19.0 Å². The summed E-state index contributed by atoms with van der Waals surface area (Å²) in [5.41, 5.74) is 1.39. The van der Waals surface area contributed by atoms with Crippen molar-refractivity contribution in [3.63, 3.8) is 0 Å². The first-order valence-corrected chi connectivity index (χ1v) is 7.65. The lowest BCUT2D eigenvalue weighted by Crippen LogP contribution is -2.50. The smallest absolute Gasteiger partial charge is 0.322 e. The Labute approximate surface area is 132 Å². The van der Waals surface area contributed by atoms with Crippen molar-refractivity contribution < 1.29 is 9.53 Å². The number of aromatic nitrogens is 2. The standard InChI is InChI=1S/C15H27N5O2/c1-10-9-18(3)8-7-12(10)19(4)15(21)16-13-11(2)17-20(5)14(13)22-6/h10,12H,7-9H2,1-6H3,(H,16,21)/t10-,12-/m1/s1. The van der Waals surface area contributed by atoms with Gasteiger partial charge in [-0.05, 0) is 32.9 Å². The maximum absolute atomic E-state index is 12.6. The number of methoxy groups -OCH3 is 1. The molecule has 0 spiro atoms. The number of aryl methyl sites for hydroxylation is 2. The van der Waals surface area contributed by atoms with Crippen LogP contribution in [-0.4, -0.2) is 65.9 Å². The number of carbonyl (C=O) groups excluding carboxylic acids is 1. The molecular formula is C15H27N5O2. The predicted octanol–water partition coefficient (Wildman–Crippen LogP) is 1.54. The molecule has 1 aliphatic heterocycles. The molecule has 2 atom stereocenters. The van der Waals surface area contributed by atoms with Crippen molar-refractivity contribution in [3.8, 4) is 5.88 Å². The lowest BCUT2D eigenvalue weighted by atomic mass is 9.93. The Bertz CT molecular complexity index is 542. The van der Waals surface area contributed by atoms with Crippen molar-refractivity contribution in [3.05, 3.63) is 5.69 Å². The Kier molecular flexibility index (Phi) is 4.95. The van der Waals surface area contributed by atoms with Gasteiger partial charge >= 0.3 is 6.03 Å². The summed E-state index contributed by atoms with van der Waals surface area (Å²) in [6, 6.07) is 0.134. The summed E-state index contributed by atoms with van der Waals surface area (Å²) in [5.74, 6) is 1.02. The number of ether oxygens (including phenoxy) is 1. The first-order chi connectivity index (χ1) is 10.3. The van der Waals surface area contributed by atoms with E-state index in [0.717, 1.165) is 25.2 Å². The molecule has 0 unspecified atom stereocenters. The summed E-state index contributed by atoms with van der Waals surface area (Å²) in [6.45, 7) is 6.08. The zero-order valence-corrected chi connectivity index (χ0v) is 14.4. The Morgan fingerprint density at radius 3 is 2.73 bits per heavy atom. The van der Waals surface area contributed by atoms with Gasteiger partial charge in [0.2, 0.25) is 5.88 Å². The van der Waals surface area contributed by atoms with Crippen LogP contribution in [0.4, 0.5) is 10.5 Å². The van der Waals surface area contributed by atoms with E-state index in [0.29, 0.717) is 17.5 Å². The lowest BCUT2D eigenvalue weighted by Gasteiger charge is -2.39. The first-order valence-electron chi connectivity index (χ1n) is 7.65. The quantitative estimate of drug-likeness (QED) is 0.920. The Balaban J connectivity index is 2.09. The van der Waals surface area contributed by atoms with Crippen LogP contribution in [0.5, 0.6) is 5.88 Å². The van der Waals surface area contributed by atoms with Gasteiger partial charge in [0.25, 0.3) is 0 Å². The molecule has 7 nitrogen and oxygen atoms in total. The number of nitrogens with zero attached hydrogens (tertiary/aromatic N) is 4. The third kappa shape index (κ3) is 3.19. The second kappa shape index (κ2) is 6.56. The van der Waals surface area contributed by atoms with Crippen LogP contribution in [0.15, 0.2) is 0 Å². The third-order valence-corrected chi connectivity index (χ3v) is 4.48. The highest BCUT2D eigenvalue weighted by atomic mass is 16.5. The van der Waals surface area contributed by atoms with E-state index in [4.69, 9.17) is 4.74 Å². The van der Waals surface area contributed by atoms with Gasteiger partial charge in [-0.3, -0.25) is 0 Å². The van der Waals surface area contributed by atoms with Crippen LogP contribution < -0.4 is 10.1 Å². The van der Waals surface area contributed by atoms with E-state index in [9.17, 15) is 4.79 Å². The Morgan fingerprint density at radius 2 is 2.14 bits per heavy atom. The number of amides is 2. The van der Waals surface area contributed by atoms with E-state index in [1.54, 1.807) is 18.8 Å². The molecule has 0 saturated carbocycles. The molecule has 1 saturated heterocycles. The monoisotopic (exact) mass is 309 g/mol. The van der Waals surface area contributed by atoms with Crippen LogP contribution in [0.2, 0.25) is 0 Å². The molecule has 1 fully saturated rings. The number of urea groups is 1. The fraction of sp³-hybridized carbons (Fsp3) is 0.733. The van der Waals surface area contributed by atoms with Crippen molar-refractivity contribution in [1.82, 2.24) is 19.6 Å². The van der Waals surface area contributed by atoms with Gasteiger partial charge in [0.05, 0.1) is 12.8 Å². The lowest BCUT2D eigenvalue weighted by molar-refractivity contribution is 0.113. The molecule has 1 N–H and O–H groups in total. The van der Waals surface area contributed by atoms with Gasteiger partial charge in [0.1, 0.15) is 5.69 Å². The number of likely N-dealkylation sites (tertiary alicyclic amines) is 1. The number of anilines is 1. The predicted molar refractivity (Wildman–Crippen MR) is 86.3 cm³/mol. The van der Waals surface area contributed by atoms with Crippen molar-refractivity contribution in [1.29, 1.82) is 0 Å². The minimum atomic E-state index is -0.115. The van der Waals surface area contributed by atoms with E-state index in [-0.39, 0.29) is 12.1 Å². The number of hydrogen-bond donors (Lipinski definition) is 1. The van der Waals surface area contributed by atoms with E-state index < -0.39 is 0 Å². The topological polar surface area (TPSA) is 62.6 Å². The van der Waals surface area contributed by atoms with Gasteiger partial charge < -0.3 is 19.9 Å². The molecule has 7 heteroatoms. The number of rotatable bonds is 3. The molecule has 1 aromatic heterocycles. The average molecular weight is 309 g/mol. The van der Waals surface area contributed by atoms with Crippen LogP contribution in [-0.2, 0) is 7.05 Å². The number of piperidine rings is 1. The zero-order chi connectivity index (χ0) is 16.4. The molecule has 1 aliphatic rings. The Morgan fingerprint density at radius 1 is 1.45 bits per heavy atom. The minimum Gasteiger partial charge on any atom is -0.480 e. The van der Waals surface area contributed by atoms with E-state index >= 15 is 0 Å². The average Bonchev–Trinajstić information content (AvgIpc) is 2.72. The van der Waals surface area contributed by atoms with Crippen molar-refractivity contribution >= 4 is 11.7 Å². The fourth-order valence-corrected chi connectivity index (χ4v) is 3.28. The number of nitrogens with one attached hydrogen (secondary N) is 1. The maximum atomic E-state index is 12.6. The van der Waals surface area contributed by atoms with Crippen molar-refractivity contribution in [2.45, 2.75) is 26.3 Å². The molecular weight excluding hydrogens is 282 g/mol. The minimum absolute atomic E-state index is 0.115. The van der Waals surface area contributed by atoms with Gasteiger partial charge in [-0.1, -0.05) is 6.92 Å². The molecule has 0 radical (unpaired) electrons. The van der Waals surface area contributed by atoms with Gasteiger partial charge in [0, 0.05) is 26.7 Å². The SMILES string of the molecule is COc1c(NC(=O)N(C)[C@@H]2CCN(C)C[C@H]2C)c(C)nn1C. The summed E-state index contributed by atoms with van der Waals surface area (Å²) < 4.78 is 6.95. The molecule has 22 heavy (non-hydrogen) atoms. The molecule has 124 valence electrons. The molecule has 1 aromatic rings. The van der Waals surface area contributed by atoms with Gasteiger partial charge in [0.15, 0.2) is 0 Å². The molecule has 2 rings (SSSR count). The highest BCUT2D eigenvalue weighted by molar-refractivity contribution is 5.91. The van der Waals surface area contributed by atoms with E-state index in [2.05, 4.69) is 29.3 Å². The zero-order valence-electron chi connectivity index (χ0n) is 14.4. The highest BCUT2D eigenvalue weighted by Gasteiger charge is 2.30. The second-order valence-corrected chi connectivity index (χ2v) is 6.23. The van der Waals surface area contributed by atoms with Gasteiger partial charge in [-0.2, -0.15) is 5.10 Å². The number of hydrogen-bond acceptors (Lipinski definition) is 4. The van der Waals surface area contributed by atoms with Crippen LogP contribution in [0.3, 0.4) is 0 Å². The first kappa shape index (κ1) is 16.6. The molecule has 2 heterocycles. The highest BCUT2D eigenvalue weighted by Crippen LogP contribution is 2.28. The van der Waals surface area contributed by atoms with Crippen molar-refractivity contribution in [2.24, 2.45) is 13.0 Å². The van der Waals surface area contributed by atoms with E-state index in [1.165, 1.54) is 0 Å². The molecule has 2 amide bonds. The summed E-state index contributed by atoms with van der Waals surface area (Å²) in [7, 11) is 7.36. The Hall–Kier alpha value is -1.76. The largest absolute Gasteiger partial charge is 0.480 e.